The molecule has 0 aliphatic heterocycles. The summed E-state index contributed by atoms with van der Waals surface area (Å²) >= 11 is 0. The standard InChI is InChI=1S/C18H25N3/c1-4-19-11-16-10-14-7-5-6-8-17(14)18(20-16)21(3)12-15-9-13(15)2/h5-8,10,13,15,19H,4,9,11-12H2,1-3H3. The molecule has 1 aliphatic rings. The number of nitrogens with one attached hydrogen (secondary N) is 1. The number of hydrogen-bond donors (Lipinski definition) is 1. The van der Waals surface area contributed by atoms with E-state index in [1.54, 1.807) is 0 Å². The van der Waals surface area contributed by atoms with Crippen molar-refractivity contribution in [3.05, 3.63) is 36.0 Å². The molecule has 0 bridgehead atoms. The van der Waals surface area contributed by atoms with Gasteiger partial charge in [0.1, 0.15) is 5.82 Å². The fourth-order valence-corrected chi connectivity index (χ4v) is 2.96. The number of aromatic nitrogens is 1. The maximum absolute atomic E-state index is 4.91. The fraction of sp³-hybridized carbons (Fsp3) is 0.500. The molecular formula is C18H25N3. The van der Waals surface area contributed by atoms with Crippen molar-refractivity contribution in [1.82, 2.24) is 10.3 Å². The van der Waals surface area contributed by atoms with Crippen molar-refractivity contribution in [2.45, 2.75) is 26.8 Å². The van der Waals surface area contributed by atoms with E-state index < -0.39 is 0 Å². The Kier molecular flexibility index (Phi) is 4.11. The van der Waals surface area contributed by atoms with Crippen molar-refractivity contribution < 1.29 is 0 Å². The van der Waals surface area contributed by atoms with Crippen LogP contribution in [-0.2, 0) is 6.54 Å². The molecule has 2 unspecified atom stereocenters. The van der Waals surface area contributed by atoms with Crippen LogP contribution < -0.4 is 10.2 Å². The van der Waals surface area contributed by atoms with Gasteiger partial charge < -0.3 is 10.2 Å². The number of pyridine rings is 1. The minimum atomic E-state index is 0.835. The summed E-state index contributed by atoms with van der Waals surface area (Å²) in [5, 5.41) is 5.92. The molecule has 1 aromatic carbocycles. The summed E-state index contributed by atoms with van der Waals surface area (Å²) in [7, 11) is 2.18. The summed E-state index contributed by atoms with van der Waals surface area (Å²) < 4.78 is 0. The van der Waals surface area contributed by atoms with E-state index in [1.165, 1.54) is 17.2 Å². The number of rotatable bonds is 6. The Balaban J connectivity index is 1.93. The Hall–Kier alpha value is -1.61. The first kappa shape index (κ1) is 14.3. The summed E-state index contributed by atoms with van der Waals surface area (Å²) in [6, 6.07) is 10.8. The maximum atomic E-state index is 4.91. The van der Waals surface area contributed by atoms with Crippen LogP contribution in [0.5, 0.6) is 0 Å². The quantitative estimate of drug-likeness (QED) is 0.880. The first-order valence-electron chi connectivity index (χ1n) is 7.99. The molecule has 112 valence electrons. The Labute approximate surface area is 127 Å². The summed E-state index contributed by atoms with van der Waals surface area (Å²) in [6.45, 7) is 7.39. The van der Waals surface area contributed by atoms with Gasteiger partial charge in [0.05, 0.1) is 5.69 Å². The van der Waals surface area contributed by atoms with Gasteiger partial charge in [-0.2, -0.15) is 0 Å². The van der Waals surface area contributed by atoms with Gasteiger partial charge in [0.2, 0.25) is 0 Å². The molecule has 1 aromatic heterocycles. The van der Waals surface area contributed by atoms with Gasteiger partial charge in [-0.1, -0.05) is 38.1 Å². The Bertz CT molecular complexity index is 623. The number of fused-ring (bicyclic) bond motifs is 1. The second kappa shape index (κ2) is 6.02. The Morgan fingerprint density at radius 3 is 2.81 bits per heavy atom. The van der Waals surface area contributed by atoms with Crippen molar-refractivity contribution in [3.8, 4) is 0 Å². The van der Waals surface area contributed by atoms with Crippen LogP contribution in [0.3, 0.4) is 0 Å². The average molecular weight is 283 g/mol. The molecule has 1 fully saturated rings. The van der Waals surface area contributed by atoms with Crippen LogP contribution in [0.25, 0.3) is 10.8 Å². The minimum absolute atomic E-state index is 0.835. The molecule has 1 aliphatic carbocycles. The number of hydrogen-bond acceptors (Lipinski definition) is 3. The highest BCUT2D eigenvalue weighted by Gasteiger charge is 2.33. The first-order chi connectivity index (χ1) is 10.2. The molecule has 1 heterocycles. The largest absolute Gasteiger partial charge is 0.359 e. The second-order valence-corrected chi connectivity index (χ2v) is 6.29. The summed E-state index contributed by atoms with van der Waals surface area (Å²) in [4.78, 5) is 7.25. The van der Waals surface area contributed by atoms with Gasteiger partial charge in [-0.3, -0.25) is 0 Å². The zero-order valence-electron chi connectivity index (χ0n) is 13.3. The number of nitrogens with zero attached hydrogens (tertiary/aromatic N) is 2. The normalized spacial score (nSPS) is 20.7. The van der Waals surface area contributed by atoms with Gasteiger partial charge in [0, 0.05) is 25.5 Å². The maximum Gasteiger partial charge on any atom is 0.136 e. The van der Waals surface area contributed by atoms with Gasteiger partial charge in [-0.25, -0.2) is 4.98 Å². The van der Waals surface area contributed by atoms with Crippen LogP contribution in [0, 0.1) is 11.8 Å². The van der Waals surface area contributed by atoms with Crippen LogP contribution in [0.1, 0.15) is 26.0 Å². The van der Waals surface area contributed by atoms with E-state index in [-0.39, 0.29) is 0 Å². The summed E-state index contributed by atoms with van der Waals surface area (Å²) in [5.74, 6) is 2.84. The molecule has 3 rings (SSSR count). The lowest BCUT2D eigenvalue weighted by Gasteiger charge is -2.21. The molecule has 0 spiro atoms. The summed E-state index contributed by atoms with van der Waals surface area (Å²) in [5.41, 5.74) is 1.13. The van der Waals surface area contributed by atoms with Crippen molar-refractivity contribution in [2.75, 3.05) is 25.0 Å². The molecule has 0 saturated heterocycles. The van der Waals surface area contributed by atoms with Crippen molar-refractivity contribution in [3.63, 3.8) is 0 Å². The lowest BCUT2D eigenvalue weighted by atomic mass is 10.1. The smallest absolute Gasteiger partial charge is 0.136 e. The molecule has 21 heavy (non-hydrogen) atoms. The summed E-state index contributed by atoms with van der Waals surface area (Å²) in [6.07, 6.45) is 1.36. The van der Waals surface area contributed by atoms with Crippen LogP contribution in [0.15, 0.2) is 30.3 Å². The lowest BCUT2D eigenvalue weighted by molar-refractivity contribution is 0.700. The Morgan fingerprint density at radius 2 is 2.10 bits per heavy atom. The molecule has 1 saturated carbocycles. The lowest BCUT2D eigenvalue weighted by Crippen LogP contribution is -2.23. The van der Waals surface area contributed by atoms with Gasteiger partial charge in [-0.05, 0) is 36.3 Å². The van der Waals surface area contributed by atoms with E-state index in [0.717, 1.165) is 43.0 Å². The van der Waals surface area contributed by atoms with Crippen molar-refractivity contribution >= 4 is 16.6 Å². The van der Waals surface area contributed by atoms with Crippen LogP contribution in [-0.4, -0.2) is 25.1 Å². The fourth-order valence-electron chi connectivity index (χ4n) is 2.96. The zero-order valence-corrected chi connectivity index (χ0v) is 13.3. The van der Waals surface area contributed by atoms with Gasteiger partial charge in [-0.15, -0.1) is 0 Å². The topological polar surface area (TPSA) is 28.2 Å². The monoisotopic (exact) mass is 283 g/mol. The van der Waals surface area contributed by atoms with E-state index in [4.69, 9.17) is 4.98 Å². The highest BCUT2D eigenvalue weighted by atomic mass is 15.2. The highest BCUT2D eigenvalue weighted by Crippen LogP contribution is 2.39. The predicted octanol–water partition coefficient (Wildman–Crippen LogP) is 3.44. The zero-order chi connectivity index (χ0) is 14.8. The SMILES string of the molecule is CCNCc1cc2ccccc2c(N(C)CC2CC2C)n1. The minimum Gasteiger partial charge on any atom is -0.359 e. The average Bonchev–Trinajstić information content (AvgIpc) is 3.19. The second-order valence-electron chi connectivity index (χ2n) is 6.29. The predicted molar refractivity (Wildman–Crippen MR) is 89.7 cm³/mol. The molecule has 3 heteroatoms. The molecule has 1 N–H and O–H groups in total. The molecular weight excluding hydrogens is 258 g/mol. The number of benzene rings is 1. The molecule has 2 aromatic rings. The van der Waals surface area contributed by atoms with E-state index in [1.807, 2.05) is 0 Å². The van der Waals surface area contributed by atoms with E-state index in [9.17, 15) is 0 Å². The number of anilines is 1. The van der Waals surface area contributed by atoms with Crippen LogP contribution >= 0.6 is 0 Å². The molecule has 0 amide bonds. The van der Waals surface area contributed by atoms with Crippen LogP contribution in [0.2, 0.25) is 0 Å². The molecule has 0 radical (unpaired) electrons. The third-order valence-electron chi connectivity index (χ3n) is 4.48. The van der Waals surface area contributed by atoms with Crippen LogP contribution in [0.4, 0.5) is 5.82 Å². The molecule has 2 atom stereocenters. The molecule has 3 nitrogen and oxygen atoms in total. The van der Waals surface area contributed by atoms with E-state index in [2.05, 4.69) is 61.4 Å². The first-order valence-corrected chi connectivity index (χ1v) is 7.99. The van der Waals surface area contributed by atoms with E-state index in [0.29, 0.717) is 0 Å². The van der Waals surface area contributed by atoms with E-state index >= 15 is 0 Å². The Morgan fingerprint density at radius 1 is 1.33 bits per heavy atom. The van der Waals surface area contributed by atoms with Crippen molar-refractivity contribution in [2.24, 2.45) is 11.8 Å². The van der Waals surface area contributed by atoms with Gasteiger partial charge in [0.15, 0.2) is 0 Å². The third-order valence-corrected chi connectivity index (χ3v) is 4.48. The highest BCUT2D eigenvalue weighted by molar-refractivity contribution is 5.92. The van der Waals surface area contributed by atoms with Gasteiger partial charge in [0.25, 0.3) is 0 Å². The van der Waals surface area contributed by atoms with Crippen molar-refractivity contribution in [1.29, 1.82) is 0 Å². The third kappa shape index (κ3) is 3.18. The van der Waals surface area contributed by atoms with Gasteiger partial charge >= 0.3 is 0 Å².